The van der Waals surface area contributed by atoms with Crippen LogP contribution in [0.4, 0.5) is 52.7 Å². The van der Waals surface area contributed by atoms with E-state index in [2.05, 4.69) is 0 Å². The minimum Gasteiger partial charge on any atom is -0.309 e. The Labute approximate surface area is 366 Å². The van der Waals surface area contributed by atoms with E-state index in [1.807, 2.05) is 0 Å². The van der Waals surface area contributed by atoms with Crippen LogP contribution in [0, 0.1) is 0 Å². The van der Waals surface area contributed by atoms with Crippen molar-refractivity contribution in [3.63, 3.8) is 0 Å². The fourth-order valence-electron chi connectivity index (χ4n) is 8.80. The molecule has 10 aromatic rings. The molecule has 0 amide bonds. The molecule has 2 aromatic heterocycles. The number of benzene rings is 8. The van der Waals surface area contributed by atoms with Crippen LogP contribution in [0.25, 0.3) is 88.4 Å². The van der Waals surface area contributed by atoms with Crippen molar-refractivity contribution in [2.24, 2.45) is 0 Å². The molecule has 0 spiro atoms. The van der Waals surface area contributed by atoms with Crippen molar-refractivity contribution in [1.82, 2.24) is 9.13 Å². The van der Waals surface area contributed by atoms with Crippen molar-refractivity contribution in [3.05, 3.63) is 192 Å². The summed E-state index contributed by atoms with van der Waals surface area (Å²) in [6.45, 7) is 0. The molecule has 0 unspecified atom stereocenters. The van der Waals surface area contributed by atoms with Gasteiger partial charge in [0.05, 0.1) is 55.7 Å². The van der Waals surface area contributed by atoms with Gasteiger partial charge in [0.1, 0.15) is 0 Å². The lowest BCUT2D eigenvalue weighted by Gasteiger charge is -2.20. The first-order valence-corrected chi connectivity index (χ1v) is 20.1. The van der Waals surface area contributed by atoms with Gasteiger partial charge in [0, 0.05) is 21.5 Å². The van der Waals surface area contributed by atoms with Crippen LogP contribution in [0.15, 0.2) is 170 Å². The molecule has 0 fully saturated rings. The van der Waals surface area contributed by atoms with E-state index in [0.717, 1.165) is 36.4 Å². The first-order valence-electron chi connectivity index (χ1n) is 20.1. The maximum atomic E-state index is 15.0. The Morgan fingerprint density at radius 1 is 0.258 bits per heavy atom. The van der Waals surface area contributed by atoms with Crippen molar-refractivity contribution >= 4 is 43.6 Å². The summed E-state index contributed by atoms with van der Waals surface area (Å²) in [5.74, 6) is 0. The largest absolute Gasteiger partial charge is 0.418 e. The molecule has 0 aliphatic rings. The summed E-state index contributed by atoms with van der Waals surface area (Å²) in [6, 6.07) is 38.8. The number of para-hydroxylation sites is 2. The predicted molar refractivity (Wildman–Crippen MR) is 231 cm³/mol. The van der Waals surface area contributed by atoms with Gasteiger partial charge in [-0.3, -0.25) is 0 Å². The van der Waals surface area contributed by atoms with Gasteiger partial charge in [0.25, 0.3) is 0 Å². The second kappa shape index (κ2) is 15.0. The minimum atomic E-state index is -4.89. The fraction of sp³-hybridized carbons (Fsp3) is 0.0769. The van der Waals surface area contributed by atoms with Crippen molar-refractivity contribution in [3.8, 4) is 44.8 Å². The van der Waals surface area contributed by atoms with Gasteiger partial charge in [0.15, 0.2) is 0 Å². The van der Waals surface area contributed by atoms with E-state index in [4.69, 9.17) is 0 Å². The molecule has 0 saturated heterocycles. The number of halogens is 12. The van der Waals surface area contributed by atoms with Crippen LogP contribution in [0.2, 0.25) is 0 Å². The predicted octanol–water partition coefficient (Wildman–Crippen LogP) is 17.0. The molecule has 330 valence electrons. The van der Waals surface area contributed by atoms with Crippen LogP contribution in [0.3, 0.4) is 0 Å². The van der Waals surface area contributed by atoms with Crippen molar-refractivity contribution in [2.45, 2.75) is 24.7 Å². The molecule has 0 atom stereocenters. The summed E-state index contributed by atoms with van der Waals surface area (Å²) in [4.78, 5) is 0. The Bertz CT molecular complexity index is 3280. The van der Waals surface area contributed by atoms with Crippen LogP contribution in [-0.4, -0.2) is 9.13 Å². The molecule has 0 radical (unpaired) electrons. The Balaban J connectivity index is 1.15. The molecule has 66 heavy (non-hydrogen) atoms. The molecular weight excluding hydrogens is 881 g/mol. The molecule has 0 aliphatic carbocycles. The van der Waals surface area contributed by atoms with E-state index in [-0.39, 0.29) is 22.5 Å². The number of alkyl halides is 12. The molecule has 0 N–H and O–H groups in total. The number of hydrogen-bond donors (Lipinski definition) is 0. The highest BCUT2D eigenvalue weighted by atomic mass is 19.4. The third-order valence-corrected chi connectivity index (χ3v) is 11.9. The average molecular weight is 909 g/mol. The van der Waals surface area contributed by atoms with Gasteiger partial charge in [-0.1, -0.05) is 84.9 Å². The first-order chi connectivity index (χ1) is 31.3. The summed E-state index contributed by atoms with van der Waals surface area (Å²) >= 11 is 0. The highest BCUT2D eigenvalue weighted by Crippen LogP contribution is 2.45. The molecule has 2 heterocycles. The maximum absolute atomic E-state index is 15.0. The van der Waals surface area contributed by atoms with Gasteiger partial charge in [-0.25, -0.2) is 0 Å². The maximum Gasteiger partial charge on any atom is 0.418 e. The average Bonchev–Trinajstić information content (AvgIpc) is 3.79. The number of rotatable bonds is 5. The molecule has 14 heteroatoms. The highest BCUT2D eigenvalue weighted by Gasteiger charge is 2.37. The van der Waals surface area contributed by atoms with Gasteiger partial charge in [0.2, 0.25) is 0 Å². The third kappa shape index (κ3) is 7.30. The van der Waals surface area contributed by atoms with Crippen LogP contribution in [0.1, 0.15) is 22.3 Å². The number of fused-ring (bicyclic) bond motifs is 6. The standard InChI is InChI=1S/C52H28F12N2/c53-49(54,55)35-17-9-29(10-18-35)31-15-23-45-39(25-31)37-5-1-3-7-43(37)65(45)47-27-33(13-21-41(47)51(59,60)61)34-14-22-42(52(62,63)64)48(28-34)66-44-8-4-2-6-38(44)40-26-32(16-24-46(40)66)30-11-19-36(20-12-30)50(56,57)58/h1-28H. The lowest BCUT2D eigenvalue weighted by molar-refractivity contribution is -0.138. The van der Waals surface area contributed by atoms with E-state index < -0.39 is 47.0 Å². The lowest BCUT2D eigenvalue weighted by Crippen LogP contribution is -2.12. The van der Waals surface area contributed by atoms with Gasteiger partial charge in [-0.05, 0) is 118 Å². The summed E-state index contributed by atoms with van der Waals surface area (Å²) in [7, 11) is 0. The summed E-state index contributed by atoms with van der Waals surface area (Å²) in [5.41, 5.74) is -0.723. The molecule has 0 aliphatic heterocycles. The topological polar surface area (TPSA) is 9.86 Å². The summed E-state index contributed by atoms with van der Waals surface area (Å²) in [5, 5.41) is 2.10. The van der Waals surface area contributed by atoms with Gasteiger partial charge in [-0.2, -0.15) is 52.7 Å². The molecule has 2 nitrogen and oxygen atoms in total. The number of nitrogens with zero attached hydrogens (tertiary/aromatic N) is 2. The van der Waals surface area contributed by atoms with E-state index in [0.29, 0.717) is 65.9 Å². The van der Waals surface area contributed by atoms with Crippen molar-refractivity contribution in [1.29, 1.82) is 0 Å². The van der Waals surface area contributed by atoms with Crippen LogP contribution < -0.4 is 0 Å². The second-order valence-electron chi connectivity index (χ2n) is 15.8. The lowest BCUT2D eigenvalue weighted by atomic mass is 9.98. The third-order valence-electron chi connectivity index (χ3n) is 11.9. The van der Waals surface area contributed by atoms with Crippen LogP contribution in [-0.2, 0) is 24.7 Å². The molecule has 8 aromatic carbocycles. The Morgan fingerprint density at radius 3 is 0.909 bits per heavy atom. The van der Waals surface area contributed by atoms with E-state index in [9.17, 15) is 26.3 Å². The van der Waals surface area contributed by atoms with Crippen molar-refractivity contribution < 1.29 is 52.7 Å². The first kappa shape index (κ1) is 42.5. The van der Waals surface area contributed by atoms with Crippen LogP contribution in [0.5, 0.6) is 0 Å². The zero-order valence-corrected chi connectivity index (χ0v) is 33.6. The van der Waals surface area contributed by atoms with Crippen LogP contribution >= 0.6 is 0 Å². The smallest absolute Gasteiger partial charge is 0.309 e. The fourth-order valence-corrected chi connectivity index (χ4v) is 8.80. The highest BCUT2D eigenvalue weighted by molar-refractivity contribution is 6.12. The molecule has 0 saturated carbocycles. The Morgan fingerprint density at radius 2 is 0.561 bits per heavy atom. The van der Waals surface area contributed by atoms with Gasteiger partial charge >= 0.3 is 24.7 Å². The van der Waals surface area contributed by atoms with Crippen molar-refractivity contribution in [2.75, 3.05) is 0 Å². The number of hydrogen-bond acceptors (Lipinski definition) is 0. The van der Waals surface area contributed by atoms with Gasteiger partial charge < -0.3 is 9.13 Å². The summed E-state index contributed by atoms with van der Waals surface area (Å²) < 4.78 is 173. The Kier molecular flexibility index (Phi) is 9.68. The zero-order chi connectivity index (χ0) is 46.5. The van der Waals surface area contributed by atoms with E-state index in [1.165, 1.54) is 57.7 Å². The van der Waals surface area contributed by atoms with Gasteiger partial charge in [-0.15, -0.1) is 0 Å². The monoisotopic (exact) mass is 908 g/mol. The zero-order valence-electron chi connectivity index (χ0n) is 33.6. The SMILES string of the molecule is FC(F)(F)c1ccc(-c2ccc3c(c2)c2ccccc2n3-c2cc(-c3ccc(C(F)(F)F)c(-n4c5ccccc5c5cc(-c6ccc(C(F)(F)F)cc6)ccc54)c3)ccc2C(F)(F)F)cc1. The van der Waals surface area contributed by atoms with E-state index >= 15 is 26.3 Å². The molecule has 10 rings (SSSR count). The molecular formula is C52H28F12N2. The normalized spacial score (nSPS) is 12.8. The Hall–Kier alpha value is -7.48. The quantitative estimate of drug-likeness (QED) is 0.152. The van der Waals surface area contributed by atoms with E-state index in [1.54, 1.807) is 84.9 Å². The minimum absolute atomic E-state index is 0.158. The number of aromatic nitrogens is 2. The second-order valence-corrected chi connectivity index (χ2v) is 15.8. The molecule has 0 bridgehead atoms. The summed E-state index contributed by atoms with van der Waals surface area (Å²) in [6.07, 6.45) is -18.9.